The fourth-order valence-corrected chi connectivity index (χ4v) is 2.50. The molecule has 7 heteroatoms. The van der Waals surface area contributed by atoms with E-state index in [2.05, 4.69) is 4.98 Å². The molecule has 130 valence electrons. The van der Waals surface area contributed by atoms with Gasteiger partial charge in [-0.3, -0.25) is 14.0 Å². The van der Waals surface area contributed by atoms with E-state index in [-0.39, 0.29) is 24.8 Å². The molecule has 0 N–H and O–H groups in total. The van der Waals surface area contributed by atoms with E-state index >= 15 is 0 Å². The molecule has 0 saturated heterocycles. The quantitative estimate of drug-likeness (QED) is 0.724. The van der Waals surface area contributed by atoms with Crippen molar-refractivity contribution in [3.8, 4) is 5.75 Å². The Balaban J connectivity index is 2.30. The summed E-state index contributed by atoms with van der Waals surface area (Å²) < 4.78 is 12.0. The molecule has 0 spiro atoms. The van der Waals surface area contributed by atoms with E-state index in [1.807, 2.05) is 13.0 Å². The third-order valence-electron chi connectivity index (χ3n) is 3.75. The van der Waals surface area contributed by atoms with Gasteiger partial charge in [-0.25, -0.2) is 4.98 Å². The van der Waals surface area contributed by atoms with Gasteiger partial charge in [0.1, 0.15) is 5.69 Å². The molecule has 0 aliphatic carbocycles. The lowest BCUT2D eigenvalue weighted by molar-refractivity contribution is -0.143. The van der Waals surface area contributed by atoms with E-state index in [1.165, 1.54) is 4.90 Å². The molecular formula is C17H23N3O4. The lowest BCUT2D eigenvalue weighted by atomic mass is 10.2. The fourth-order valence-electron chi connectivity index (χ4n) is 2.50. The Morgan fingerprint density at radius 2 is 2.08 bits per heavy atom. The van der Waals surface area contributed by atoms with Crippen molar-refractivity contribution < 1.29 is 19.1 Å². The molecule has 0 atom stereocenters. The summed E-state index contributed by atoms with van der Waals surface area (Å²) in [6.45, 7) is 4.33. The average molecular weight is 333 g/mol. The highest BCUT2D eigenvalue weighted by atomic mass is 16.5. The summed E-state index contributed by atoms with van der Waals surface area (Å²) in [6, 6.07) is 3.61. The normalized spacial score (nSPS) is 10.7. The number of carbonyl (C=O) groups excluding carboxylic acids is 2. The predicted octanol–water partition coefficient (Wildman–Crippen LogP) is 1.93. The number of methoxy groups -OCH3 is 1. The molecule has 0 saturated carbocycles. The number of pyridine rings is 1. The number of imidazole rings is 1. The van der Waals surface area contributed by atoms with Gasteiger partial charge in [0.05, 0.1) is 25.8 Å². The Labute approximate surface area is 141 Å². The molecule has 2 aromatic rings. The van der Waals surface area contributed by atoms with Crippen LogP contribution in [0.5, 0.6) is 5.75 Å². The number of esters is 1. The van der Waals surface area contributed by atoms with Gasteiger partial charge in [0, 0.05) is 19.8 Å². The van der Waals surface area contributed by atoms with Gasteiger partial charge in [-0.15, -0.1) is 0 Å². The van der Waals surface area contributed by atoms with Crippen LogP contribution in [0, 0.1) is 0 Å². The molecule has 0 aliphatic heterocycles. The Morgan fingerprint density at radius 3 is 2.71 bits per heavy atom. The number of aryl methyl sites for hydroxylation is 1. The Morgan fingerprint density at radius 1 is 1.33 bits per heavy atom. The first kappa shape index (κ1) is 17.8. The van der Waals surface area contributed by atoms with Crippen LogP contribution in [0.15, 0.2) is 18.3 Å². The summed E-state index contributed by atoms with van der Waals surface area (Å²) in [6.07, 6.45) is 2.58. The van der Waals surface area contributed by atoms with Crippen LogP contribution in [0.1, 0.15) is 36.5 Å². The lowest BCUT2D eigenvalue weighted by Crippen LogP contribution is -2.31. The molecule has 24 heavy (non-hydrogen) atoms. The van der Waals surface area contributed by atoms with Gasteiger partial charge >= 0.3 is 5.97 Å². The van der Waals surface area contributed by atoms with Crippen LogP contribution < -0.4 is 4.74 Å². The summed E-state index contributed by atoms with van der Waals surface area (Å²) >= 11 is 0. The zero-order chi connectivity index (χ0) is 17.7. The number of fused-ring (bicyclic) bond motifs is 1. The Kier molecular flexibility index (Phi) is 5.78. The maximum atomic E-state index is 12.8. The van der Waals surface area contributed by atoms with E-state index in [0.29, 0.717) is 35.8 Å². The summed E-state index contributed by atoms with van der Waals surface area (Å²) in [5.41, 5.74) is 1.81. The van der Waals surface area contributed by atoms with Gasteiger partial charge in [-0.1, -0.05) is 6.92 Å². The number of hydrogen-bond acceptors (Lipinski definition) is 5. The van der Waals surface area contributed by atoms with Crippen LogP contribution in [-0.4, -0.2) is 53.5 Å². The Hall–Kier alpha value is -2.57. The van der Waals surface area contributed by atoms with E-state index in [0.717, 1.165) is 0 Å². The first-order valence-corrected chi connectivity index (χ1v) is 7.98. The number of carbonyl (C=O) groups is 2. The van der Waals surface area contributed by atoms with E-state index in [9.17, 15) is 9.59 Å². The van der Waals surface area contributed by atoms with Crippen molar-refractivity contribution >= 4 is 17.5 Å². The van der Waals surface area contributed by atoms with Crippen molar-refractivity contribution in [3.63, 3.8) is 0 Å². The molecule has 0 radical (unpaired) electrons. The molecule has 1 amide bonds. The number of hydrogen-bond donors (Lipinski definition) is 0. The summed E-state index contributed by atoms with van der Waals surface area (Å²) in [4.78, 5) is 30.4. The van der Waals surface area contributed by atoms with Crippen molar-refractivity contribution in [2.45, 2.75) is 26.7 Å². The molecule has 7 nitrogen and oxygen atoms in total. The number of rotatable bonds is 7. The SMILES string of the molecule is CCOC(=O)CCN(C)C(=O)c1c(CC)nc2c(OC)cccn12. The van der Waals surface area contributed by atoms with Crippen LogP contribution >= 0.6 is 0 Å². The predicted molar refractivity (Wildman–Crippen MR) is 89.3 cm³/mol. The molecule has 0 unspecified atom stereocenters. The highest BCUT2D eigenvalue weighted by Crippen LogP contribution is 2.23. The average Bonchev–Trinajstić information content (AvgIpc) is 2.97. The summed E-state index contributed by atoms with van der Waals surface area (Å²) in [7, 11) is 3.24. The maximum Gasteiger partial charge on any atom is 0.307 e. The van der Waals surface area contributed by atoms with Gasteiger partial charge in [0.2, 0.25) is 0 Å². The van der Waals surface area contributed by atoms with Crippen LogP contribution in [-0.2, 0) is 16.0 Å². The number of nitrogens with zero attached hydrogens (tertiary/aromatic N) is 3. The van der Waals surface area contributed by atoms with Crippen molar-refractivity contribution in [2.75, 3.05) is 27.3 Å². The first-order chi connectivity index (χ1) is 11.5. The standard InChI is InChI=1S/C17H23N3O4/c1-5-12-15(17(22)19(3)11-9-14(21)24-6-2)20-10-7-8-13(23-4)16(20)18-12/h7-8,10H,5-6,9,11H2,1-4H3. The third kappa shape index (κ3) is 3.50. The van der Waals surface area contributed by atoms with Gasteiger partial charge in [0.25, 0.3) is 5.91 Å². The molecule has 0 bridgehead atoms. The van der Waals surface area contributed by atoms with E-state index in [4.69, 9.17) is 9.47 Å². The molecule has 0 aliphatic rings. The molecule has 2 heterocycles. The van der Waals surface area contributed by atoms with E-state index < -0.39 is 0 Å². The Bertz CT molecular complexity index is 739. The first-order valence-electron chi connectivity index (χ1n) is 7.98. The monoisotopic (exact) mass is 333 g/mol. The lowest BCUT2D eigenvalue weighted by Gasteiger charge is -2.17. The highest BCUT2D eigenvalue weighted by Gasteiger charge is 2.23. The van der Waals surface area contributed by atoms with E-state index in [1.54, 1.807) is 37.7 Å². The largest absolute Gasteiger partial charge is 0.493 e. The third-order valence-corrected chi connectivity index (χ3v) is 3.75. The molecular weight excluding hydrogens is 310 g/mol. The second-order valence-corrected chi connectivity index (χ2v) is 5.31. The second kappa shape index (κ2) is 7.81. The van der Waals surface area contributed by atoms with Crippen molar-refractivity contribution in [1.29, 1.82) is 0 Å². The van der Waals surface area contributed by atoms with Crippen LogP contribution in [0.3, 0.4) is 0 Å². The number of amides is 1. The van der Waals surface area contributed by atoms with Crippen LogP contribution in [0.2, 0.25) is 0 Å². The molecule has 2 rings (SSSR count). The van der Waals surface area contributed by atoms with Gasteiger partial charge in [-0.05, 0) is 25.5 Å². The van der Waals surface area contributed by atoms with Crippen LogP contribution in [0.4, 0.5) is 0 Å². The van der Waals surface area contributed by atoms with Gasteiger partial charge < -0.3 is 14.4 Å². The smallest absolute Gasteiger partial charge is 0.307 e. The summed E-state index contributed by atoms with van der Waals surface area (Å²) in [5, 5.41) is 0. The zero-order valence-electron chi connectivity index (χ0n) is 14.5. The minimum atomic E-state index is -0.312. The zero-order valence-corrected chi connectivity index (χ0v) is 14.5. The minimum Gasteiger partial charge on any atom is -0.493 e. The van der Waals surface area contributed by atoms with Crippen molar-refractivity contribution in [3.05, 3.63) is 29.7 Å². The van der Waals surface area contributed by atoms with Gasteiger partial charge in [0.15, 0.2) is 11.4 Å². The van der Waals surface area contributed by atoms with Crippen LogP contribution in [0.25, 0.3) is 5.65 Å². The van der Waals surface area contributed by atoms with Crippen molar-refractivity contribution in [2.24, 2.45) is 0 Å². The highest BCUT2D eigenvalue weighted by molar-refractivity contribution is 5.95. The maximum absolute atomic E-state index is 12.8. The molecule has 2 aromatic heterocycles. The fraction of sp³-hybridized carbons (Fsp3) is 0.471. The molecule has 0 fully saturated rings. The summed E-state index contributed by atoms with van der Waals surface area (Å²) in [5.74, 6) is 0.116. The topological polar surface area (TPSA) is 73.1 Å². The minimum absolute atomic E-state index is 0.164. The number of aromatic nitrogens is 2. The second-order valence-electron chi connectivity index (χ2n) is 5.31. The number of ether oxygens (including phenoxy) is 2. The molecule has 0 aromatic carbocycles. The van der Waals surface area contributed by atoms with Gasteiger partial charge in [-0.2, -0.15) is 0 Å². The van der Waals surface area contributed by atoms with Crippen molar-refractivity contribution in [1.82, 2.24) is 14.3 Å².